The SMILES string of the molecule is CC[C@H](C(=O)N[C@@H](C)CC)N(CCc1ccccc1)C(=O)CN(c1cc(OC)ccc1OC)S(=O)(=O)c1ccccc1. The molecule has 42 heavy (non-hydrogen) atoms. The molecule has 0 saturated carbocycles. The molecular weight excluding hydrogens is 554 g/mol. The summed E-state index contributed by atoms with van der Waals surface area (Å²) in [5.41, 5.74) is 1.14. The Morgan fingerprint density at radius 1 is 0.881 bits per heavy atom. The van der Waals surface area contributed by atoms with Gasteiger partial charge >= 0.3 is 0 Å². The number of nitrogens with one attached hydrogen (secondary N) is 1. The number of hydrogen-bond donors (Lipinski definition) is 1. The van der Waals surface area contributed by atoms with E-state index in [0.717, 1.165) is 16.3 Å². The molecule has 3 rings (SSSR count). The van der Waals surface area contributed by atoms with E-state index < -0.39 is 28.5 Å². The summed E-state index contributed by atoms with van der Waals surface area (Å²) in [6.45, 7) is 5.39. The van der Waals surface area contributed by atoms with Crippen LogP contribution in [0.25, 0.3) is 0 Å². The third kappa shape index (κ3) is 8.03. The Bertz CT molecular complexity index is 1420. The second-order valence-electron chi connectivity index (χ2n) is 9.93. The lowest BCUT2D eigenvalue weighted by molar-refractivity contribution is -0.139. The molecule has 0 unspecified atom stereocenters. The van der Waals surface area contributed by atoms with E-state index in [4.69, 9.17) is 9.47 Å². The van der Waals surface area contributed by atoms with Crippen molar-refractivity contribution in [1.29, 1.82) is 0 Å². The Morgan fingerprint density at radius 2 is 1.52 bits per heavy atom. The van der Waals surface area contributed by atoms with Gasteiger partial charge in [0.25, 0.3) is 10.0 Å². The number of methoxy groups -OCH3 is 2. The highest BCUT2D eigenvalue weighted by molar-refractivity contribution is 7.92. The molecule has 0 aromatic heterocycles. The zero-order chi connectivity index (χ0) is 30.7. The number of rotatable bonds is 15. The topological polar surface area (TPSA) is 105 Å². The molecule has 2 atom stereocenters. The Labute approximate surface area is 249 Å². The standard InChI is InChI=1S/C32H41N3O6S/c1-6-24(3)33-32(37)28(7-2)34(21-20-25-14-10-8-11-15-25)31(36)23-35(42(38,39)27-16-12-9-13-17-27)29-22-26(40-4)18-19-30(29)41-5/h8-19,22,24,28H,6-7,20-21,23H2,1-5H3,(H,33,37)/t24-,28+/m0/s1. The highest BCUT2D eigenvalue weighted by atomic mass is 32.2. The summed E-state index contributed by atoms with van der Waals surface area (Å²) in [4.78, 5) is 29.1. The molecule has 2 amide bonds. The molecule has 0 fully saturated rings. The molecule has 226 valence electrons. The third-order valence-corrected chi connectivity index (χ3v) is 8.91. The normalized spacial score (nSPS) is 12.6. The van der Waals surface area contributed by atoms with Crippen LogP contribution < -0.4 is 19.1 Å². The lowest BCUT2D eigenvalue weighted by Crippen LogP contribution is -2.54. The van der Waals surface area contributed by atoms with Crippen molar-refractivity contribution in [3.05, 3.63) is 84.4 Å². The highest BCUT2D eigenvalue weighted by Crippen LogP contribution is 2.36. The quantitative estimate of drug-likeness (QED) is 0.274. The van der Waals surface area contributed by atoms with Gasteiger partial charge in [0.2, 0.25) is 11.8 Å². The Balaban J connectivity index is 2.08. The molecule has 1 N–H and O–H groups in total. The van der Waals surface area contributed by atoms with Gasteiger partial charge in [-0.05, 0) is 56.0 Å². The van der Waals surface area contributed by atoms with E-state index in [9.17, 15) is 18.0 Å². The Hall–Kier alpha value is -4.05. The number of carbonyl (C=O) groups is 2. The minimum atomic E-state index is -4.23. The van der Waals surface area contributed by atoms with Crippen molar-refractivity contribution in [1.82, 2.24) is 10.2 Å². The number of benzene rings is 3. The van der Waals surface area contributed by atoms with Gasteiger partial charge in [-0.3, -0.25) is 13.9 Å². The third-order valence-electron chi connectivity index (χ3n) is 7.14. The first-order chi connectivity index (χ1) is 20.2. The monoisotopic (exact) mass is 595 g/mol. The van der Waals surface area contributed by atoms with Crippen LogP contribution in [-0.2, 0) is 26.0 Å². The van der Waals surface area contributed by atoms with Crippen molar-refractivity contribution in [3.63, 3.8) is 0 Å². The molecule has 0 spiro atoms. The van der Waals surface area contributed by atoms with E-state index >= 15 is 0 Å². The molecule has 3 aromatic carbocycles. The molecular formula is C32H41N3O6S. The highest BCUT2D eigenvalue weighted by Gasteiger charge is 2.35. The minimum absolute atomic E-state index is 0.0139. The van der Waals surface area contributed by atoms with E-state index in [1.807, 2.05) is 51.1 Å². The number of amides is 2. The van der Waals surface area contributed by atoms with Gasteiger partial charge in [-0.25, -0.2) is 8.42 Å². The number of hydrogen-bond acceptors (Lipinski definition) is 6. The summed E-state index contributed by atoms with van der Waals surface area (Å²) in [6, 6.07) is 21.4. The van der Waals surface area contributed by atoms with Crippen molar-refractivity contribution >= 4 is 27.5 Å². The Kier molecular flexibility index (Phi) is 11.8. The van der Waals surface area contributed by atoms with Crippen LogP contribution in [0.3, 0.4) is 0 Å². The summed E-state index contributed by atoms with van der Waals surface area (Å²) < 4.78 is 40.1. The van der Waals surface area contributed by atoms with Crippen LogP contribution in [0.5, 0.6) is 11.5 Å². The van der Waals surface area contributed by atoms with Gasteiger partial charge in [-0.1, -0.05) is 62.4 Å². The first kappa shape index (κ1) is 32.5. The van der Waals surface area contributed by atoms with Gasteiger partial charge in [-0.15, -0.1) is 0 Å². The molecule has 3 aromatic rings. The van der Waals surface area contributed by atoms with Crippen molar-refractivity contribution in [3.8, 4) is 11.5 Å². The zero-order valence-corrected chi connectivity index (χ0v) is 25.8. The molecule has 10 heteroatoms. The minimum Gasteiger partial charge on any atom is -0.497 e. The molecule has 0 radical (unpaired) electrons. The first-order valence-electron chi connectivity index (χ1n) is 14.1. The predicted octanol–water partition coefficient (Wildman–Crippen LogP) is 4.66. The fourth-order valence-electron chi connectivity index (χ4n) is 4.56. The summed E-state index contributed by atoms with van der Waals surface area (Å²) in [7, 11) is -1.33. The lowest BCUT2D eigenvalue weighted by Gasteiger charge is -2.34. The van der Waals surface area contributed by atoms with Crippen LogP contribution in [0.1, 0.15) is 39.2 Å². The average Bonchev–Trinajstić information content (AvgIpc) is 3.02. The second-order valence-corrected chi connectivity index (χ2v) is 11.8. The largest absolute Gasteiger partial charge is 0.497 e. The van der Waals surface area contributed by atoms with Crippen LogP contribution in [-0.4, -0.2) is 64.5 Å². The first-order valence-corrected chi connectivity index (χ1v) is 15.5. The summed E-state index contributed by atoms with van der Waals surface area (Å²) in [6.07, 6.45) is 1.59. The maximum Gasteiger partial charge on any atom is 0.264 e. The van der Waals surface area contributed by atoms with E-state index in [1.165, 1.54) is 37.3 Å². The van der Waals surface area contributed by atoms with E-state index in [0.29, 0.717) is 18.6 Å². The van der Waals surface area contributed by atoms with Crippen LogP contribution in [0.2, 0.25) is 0 Å². The molecule has 9 nitrogen and oxygen atoms in total. The zero-order valence-electron chi connectivity index (χ0n) is 24.9. The average molecular weight is 596 g/mol. The van der Waals surface area contributed by atoms with Crippen molar-refractivity contribution in [2.75, 3.05) is 31.6 Å². The van der Waals surface area contributed by atoms with Gasteiger partial charge in [0.05, 0.1) is 24.8 Å². The van der Waals surface area contributed by atoms with Gasteiger partial charge in [-0.2, -0.15) is 0 Å². The van der Waals surface area contributed by atoms with E-state index in [2.05, 4.69) is 5.32 Å². The van der Waals surface area contributed by atoms with Gasteiger partial charge in [0, 0.05) is 18.7 Å². The van der Waals surface area contributed by atoms with Crippen LogP contribution in [0.4, 0.5) is 5.69 Å². The van der Waals surface area contributed by atoms with Gasteiger partial charge in [0.15, 0.2) is 0 Å². The number of carbonyl (C=O) groups excluding carboxylic acids is 2. The molecule has 0 bridgehead atoms. The maximum absolute atomic E-state index is 14.2. The fourth-order valence-corrected chi connectivity index (χ4v) is 6.00. The molecule has 0 saturated heterocycles. The maximum atomic E-state index is 14.2. The molecule has 0 heterocycles. The molecule has 0 aliphatic carbocycles. The summed E-state index contributed by atoms with van der Waals surface area (Å²) in [5.74, 6) is -0.140. The van der Waals surface area contributed by atoms with E-state index in [-0.39, 0.29) is 34.8 Å². The number of sulfonamides is 1. The lowest BCUT2D eigenvalue weighted by atomic mass is 10.1. The number of ether oxygens (including phenoxy) is 2. The van der Waals surface area contributed by atoms with Crippen LogP contribution >= 0.6 is 0 Å². The Morgan fingerprint density at radius 3 is 2.10 bits per heavy atom. The predicted molar refractivity (Wildman–Crippen MR) is 164 cm³/mol. The molecule has 0 aliphatic rings. The molecule has 0 aliphatic heterocycles. The fraction of sp³-hybridized carbons (Fsp3) is 0.375. The van der Waals surface area contributed by atoms with Crippen LogP contribution in [0.15, 0.2) is 83.8 Å². The van der Waals surface area contributed by atoms with Crippen molar-refractivity contribution < 1.29 is 27.5 Å². The summed E-state index contributed by atoms with van der Waals surface area (Å²) >= 11 is 0. The number of anilines is 1. The van der Waals surface area contributed by atoms with Crippen molar-refractivity contribution in [2.24, 2.45) is 0 Å². The van der Waals surface area contributed by atoms with E-state index in [1.54, 1.807) is 30.3 Å². The van der Waals surface area contributed by atoms with Gasteiger partial charge in [0.1, 0.15) is 24.1 Å². The van der Waals surface area contributed by atoms with Crippen molar-refractivity contribution in [2.45, 2.75) is 57.0 Å². The van der Waals surface area contributed by atoms with Crippen LogP contribution in [0, 0.1) is 0 Å². The second kappa shape index (κ2) is 15.3. The smallest absolute Gasteiger partial charge is 0.264 e. The van der Waals surface area contributed by atoms with Gasteiger partial charge < -0.3 is 19.7 Å². The number of nitrogens with zero attached hydrogens (tertiary/aromatic N) is 2. The summed E-state index contributed by atoms with van der Waals surface area (Å²) in [5, 5.41) is 2.99.